The lowest BCUT2D eigenvalue weighted by atomic mass is 9.85. The number of hydrogen-bond acceptors (Lipinski definition) is 6. The van der Waals surface area contributed by atoms with Gasteiger partial charge in [-0.1, -0.05) is 57.2 Å². The molecule has 2 aliphatic rings. The molecule has 1 aromatic heterocycles. The third-order valence-corrected chi connectivity index (χ3v) is 10.4. The number of benzene rings is 2. The lowest BCUT2D eigenvalue weighted by Gasteiger charge is -2.39. The van der Waals surface area contributed by atoms with E-state index in [2.05, 4.69) is 22.3 Å². The molecule has 9 nitrogen and oxygen atoms in total. The molecule has 3 aromatic rings. The summed E-state index contributed by atoms with van der Waals surface area (Å²) in [6.45, 7) is 9.07. The number of nitrogens with one attached hydrogen (secondary N) is 1. The molecule has 2 amide bonds. The van der Waals surface area contributed by atoms with Crippen LogP contribution in [0.3, 0.4) is 0 Å². The van der Waals surface area contributed by atoms with Gasteiger partial charge in [0, 0.05) is 42.5 Å². The van der Waals surface area contributed by atoms with E-state index in [4.69, 9.17) is 14.5 Å². The highest BCUT2D eigenvalue weighted by molar-refractivity contribution is 7.52. The number of rotatable bonds is 8. The predicted octanol–water partition coefficient (Wildman–Crippen LogP) is 5.34. The molecule has 0 saturated carbocycles. The molecule has 2 saturated heterocycles. The van der Waals surface area contributed by atoms with Crippen molar-refractivity contribution >= 4 is 40.8 Å². The van der Waals surface area contributed by atoms with E-state index in [1.165, 1.54) is 12.1 Å². The van der Waals surface area contributed by atoms with Crippen LogP contribution >= 0.6 is 18.9 Å². The number of thiophene rings is 1. The standard InChI is InChI=1S/C31H38F2N3O6PS/c1-30(2,3)27(34-28(37)26-17-21-16-22(11-12-25(21)44-26)31(32,33)43(39,40)41)29(38)36-13-7-10-23(36)18-35-14-15-42-24(19-35)20-8-5-4-6-9-20/h4-6,8-9,11-12,16-17,23-24,27H,7,10,13-15,18-19H2,1-3H3,(H,34,37)(H2,39,40,41)/t23-,24-,27+/m0/s1. The van der Waals surface area contributed by atoms with Crippen LogP contribution in [-0.4, -0.2) is 76.3 Å². The monoisotopic (exact) mass is 649 g/mol. The van der Waals surface area contributed by atoms with E-state index in [-0.39, 0.29) is 28.3 Å². The molecule has 0 spiro atoms. The molecule has 13 heteroatoms. The second-order valence-electron chi connectivity index (χ2n) is 12.6. The van der Waals surface area contributed by atoms with Crippen molar-refractivity contribution in [3.05, 3.63) is 70.6 Å². The predicted molar refractivity (Wildman–Crippen MR) is 165 cm³/mol. The van der Waals surface area contributed by atoms with Crippen LogP contribution in [0.25, 0.3) is 10.1 Å². The Balaban J connectivity index is 1.29. The largest absolute Gasteiger partial charge is 0.399 e. The fourth-order valence-electron chi connectivity index (χ4n) is 5.88. The SMILES string of the molecule is CC(C)(C)[C@H](NC(=O)c1cc2cc(C(F)(F)P(=O)(O)O)ccc2s1)C(=O)N1CCC[C@H]1CN1CCO[C@H](c2ccccc2)C1. The summed E-state index contributed by atoms with van der Waals surface area (Å²) >= 11 is 1.06. The third kappa shape index (κ3) is 6.90. The van der Waals surface area contributed by atoms with Crippen LogP contribution in [0, 0.1) is 5.41 Å². The summed E-state index contributed by atoms with van der Waals surface area (Å²) in [5.41, 5.74) is -4.68. The molecule has 0 radical (unpaired) electrons. The zero-order chi connectivity index (χ0) is 31.9. The first kappa shape index (κ1) is 32.7. The van der Waals surface area contributed by atoms with Crippen molar-refractivity contribution < 1.29 is 37.5 Å². The van der Waals surface area contributed by atoms with Gasteiger partial charge in [0.05, 0.1) is 17.6 Å². The number of halogens is 2. The van der Waals surface area contributed by atoms with E-state index in [1.54, 1.807) is 0 Å². The minimum Gasteiger partial charge on any atom is -0.371 e. The van der Waals surface area contributed by atoms with Gasteiger partial charge in [-0.3, -0.25) is 19.1 Å². The highest BCUT2D eigenvalue weighted by Gasteiger charge is 2.50. The lowest BCUT2D eigenvalue weighted by molar-refractivity contribution is -0.137. The van der Waals surface area contributed by atoms with Gasteiger partial charge in [0.25, 0.3) is 5.91 Å². The fourth-order valence-corrected chi connectivity index (χ4v) is 7.30. The lowest BCUT2D eigenvalue weighted by Crippen LogP contribution is -2.57. The van der Waals surface area contributed by atoms with Crippen molar-refractivity contribution in [2.45, 2.75) is 57.5 Å². The summed E-state index contributed by atoms with van der Waals surface area (Å²) in [4.78, 5) is 50.1. The highest BCUT2D eigenvalue weighted by Crippen LogP contribution is 2.59. The van der Waals surface area contributed by atoms with Crippen LogP contribution in [0.15, 0.2) is 54.6 Å². The molecule has 0 bridgehead atoms. The first-order chi connectivity index (χ1) is 20.6. The molecule has 3 heterocycles. The summed E-state index contributed by atoms with van der Waals surface area (Å²) < 4.78 is 46.4. The average Bonchev–Trinajstić information content (AvgIpc) is 3.61. The van der Waals surface area contributed by atoms with Crippen LogP contribution in [0.2, 0.25) is 0 Å². The summed E-state index contributed by atoms with van der Waals surface area (Å²) in [6, 6.07) is 13.9. The van der Waals surface area contributed by atoms with E-state index in [0.717, 1.165) is 55.0 Å². The number of likely N-dealkylation sites (tertiary alicyclic amines) is 1. The number of carbonyl (C=O) groups excluding carboxylic acids is 2. The topological polar surface area (TPSA) is 119 Å². The van der Waals surface area contributed by atoms with Crippen molar-refractivity contribution in [1.29, 1.82) is 0 Å². The zero-order valence-corrected chi connectivity index (χ0v) is 26.6. The molecular formula is C31H38F2N3O6PS. The Morgan fingerprint density at radius 3 is 2.52 bits per heavy atom. The third-order valence-electron chi connectivity index (χ3n) is 8.29. The highest BCUT2D eigenvalue weighted by atomic mass is 32.1. The Hall–Kier alpha value is -2.73. The number of carbonyl (C=O) groups is 2. The minimum absolute atomic E-state index is 0.00258. The quantitative estimate of drug-likeness (QED) is 0.282. The van der Waals surface area contributed by atoms with Gasteiger partial charge in [-0.15, -0.1) is 11.3 Å². The minimum atomic E-state index is -5.74. The molecule has 44 heavy (non-hydrogen) atoms. The van der Waals surface area contributed by atoms with E-state index in [1.807, 2.05) is 43.9 Å². The van der Waals surface area contributed by atoms with Gasteiger partial charge in [0.2, 0.25) is 5.91 Å². The second kappa shape index (κ2) is 12.6. The van der Waals surface area contributed by atoms with Crippen molar-refractivity contribution in [2.75, 3.05) is 32.8 Å². The molecule has 2 fully saturated rings. The van der Waals surface area contributed by atoms with E-state index >= 15 is 0 Å². The molecule has 3 N–H and O–H groups in total. The summed E-state index contributed by atoms with van der Waals surface area (Å²) in [5, 5.41) is 3.16. The van der Waals surface area contributed by atoms with Gasteiger partial charge in [-0.25, -0.2) is 0 Å². The molecule has 0 aliphatic carbocycles. The Morgan fingerprint density at radius 1 is 1.11 bits per heavy atom. The number of fused-ring (bicyclic) bond motifs is 1. The number of alkyl halides is 2. The smallest absolute Gasteiger partial charge is 0.371 e. The average molecular weight is 650 g/mol. The van der Waals surface area contributed by atoms with Crippen LogP contribution in [0.4, 0.5) is 8.78 Å². The first-order valence-electron chi connectivity index (χ1n) is 14.6. The second-order valence-corrected chi connectivity index (χ2v) is 15.3. The molecule has 2 aromatic carbocycles. The summed E-state index contributed by atoms with van der Waals surface area (Å²) in [7, 11) is -5.74. The number of hydrogen-bond donors (Lipinski definition) is 3. The summed E-state index contributed by atoms with van der Waals surface area (Å²) in [5.74, 6) is -0.677. The van der Waals surface area contributed by atoms with Gasteiger partial charge < -0.3 is 24.7 Å². The summed E-state index contributed by atoms with van der Waals surface area (Å²) in [6.07, 6.45) is 1.70. The van der Waals surface area contributed by atoms with E-state index in [0.29, 0.717) is 24.4 Å². The number of amides is 2. The molecule has 3 atom stereocenters. The van der Waals surface area contributed by atoms with Gasteiger partial charge in [0.1, 0.15) is 6.04 Å². The van der Waals surface area contributed by atoms with E-state index < -0.39 is 36.2 Å². The molecule has 238 valence electrons. The Morgan fingerprint density at radius 2 is 1.84 bits per heavy atom. The van der Waals surface area contributed by atoms with Gasteiger partial charge in [-0.2, -0.15) is 8.78 Å². The molecule has 5 rings (SSSR count). The Bertz CT molecular complexity index is 1560. The van der Waals surface area contributed by atoms with Crippen molar-refractivity contribution in [1.82, 2.24) is 15.1 Å². The molecule has 0 unspecified atom stereocenters. The van der Waals surface area contributed by atoms with Crippen molar-refractivity contribution in [3.63, 3.8) is 0 Å². The van der Waals surface area contributed by atoms with Gasteiger partial charge in [-0.05, 0) is 47.4 Å². The number of nitrogens with zero attached hydrogens (tertiary/aromatic N) is 2. The van der Waals surface area contributed by atoms with E-state index in [9.17, 15) is 22.9 Å². The maximum Gasteiger partial charge on any atom is 0.399 e. The molecular weight excluding hydrogens is 611 g/mol. The fraction of sp³-hybridized carbons (Fsp3) is 0.484. The van der Waals surface area contributed by atoms with Gasteiger partial charge >= 0.3 is 13.3 Å². The Labute approximate surface area is 259 Å². The van der Waals surface area contributed by atoms with Crippen LogP contribution in [-0.2, 0) is 19.8 Å². The normalized spacial score (nSPS) is 21.0. The van der Waals surface area contributed by atoms with Crippen LogP contribution < -0.4 is 5.32 Å². The maximum absolute atomic E-state index is 14.3. The number of morpholine rings is 1. The van der Waals surface area contributed by atoms with Crippen molar-refractivity contribution in [3.8, 4) is 0 Å². The zero-order valence-electron chi connectivity index (χ0n) is 24.9. The van der Waals surface area contributed by atoms with Gasteiger partial charge in [0.15, 0.2) is 0 Å². The maximum atomic E-state index is 14.3. The number of ether oxygens (including phenoxy) is 1. The van der Waals surface area contributed by atoms with Crippen LogP contribution in [0.5, 0.6) is 0 Å². The van der Waals surface area contributed by atoms with Crippen LogP contribution in [0.1, 0.15) is 60.5 Å². The Kier molecular flexibility index (Phi) is 9.33. The first-order valence-corrected chi connectivity index (χ1v) is 17.1. The molecule has 2 aliphatic heterocycles. The van der Waals surface area contributed by atoms with Crippen molar-refractivity contribution in [2.24, 2.45) is 5.41 Å².